The highest BCUT2D eigenvalue weighted by Crippen LogP contribution is 2.30. The van der Waals surface area contributed by atoms with Gasteiger partial charge in [-0.05, 0) is 49.9 Å². The molecule has 0 saturated carbocycles. The predicted octanol–water partition coefficient (Wildman–Crippen LogP) is 2.65. The number of carbonyl (C=O) groups is 1. The van der Waals surface area contributed by atoms with E-state index in [0.717, 1.165) is 24.2 Å². The topological polar surface area (TPSA) is 72.7 Å². The van der Waals surface area contributed by atoms with Gasteiger partial charge in [0.1, 0.15) is 5.69 Å². The van der Waals surface area contributed by atoms with E-state index in [-0.39, 0.29) is 5.91 Å². The van der Waals surface area contributed by atoms with Crippen LogP contribution in [-0.4, -0.2) is 32.2 Å². The van der Waals surface area contributed by atoms with Gasteiger partial charge in [0.15, 0.2) is 0 Å². The summed E-state index contributed by atoms with van der Waals surface area (Å²) in [5, 5.41) is 7.78. The average Bonchev–Trinajstić information content (AvgIpc) is 3.08. The molecule has 1 N–H and O–H groups in total. The van der Waals surface area contributed by atoms with Crippen molar-refractivity contribution in [2.24, 2.45) is 0 Å². The number of amides is 1. The SMILES string of the molecule is O=C(NCCn1nc(-c2ccccn2)c2c1CCCC2)c1ccncc1. The van der Waals surface area contributed by atoms with Crippen molar-refractivity contribution < 1.29 is 4.79 Å². The summed E-state index contributed by atoms with van der Waals surface area (Å²) in [5.41, 5.74) is 5.13. The number of fused-ring (bicyclic) bond motifs is 1. The molecule has 1 amide bonds. The number of hydrogen-bond acceptors (Lipinski definition) is 4. The molecule has 0 spiro atoms. The fraction of sp³-hybridized carbons (Fsp3) is 0.300. The van der Waals surface area contributed by atoms with Crippen molar-refractivity contribution in [2.75, 3.05) is 6.54 Å². The molecule has 0 unspecified atom stereocenters. The zero-order valence-electron chi connectivity index (χ0n) is 14.6. The molecule has 0 saturated heterocycles. The number of rotatable bonds is 5. The number of nitrogens with one attached hydrogen (secondary N) is 1. The second-order valence-corrected chi connectivity index (χ2v) is 6.41. The minimum absolute atomic E-state index is 0.0848. The zero-order chi connectivity index (χ0) is 17.8. The first-order valence-electron chi connectivity index (χ1n) is 9.01. The van der Waals surface area contributed by atoms with E-state index in [1.807, 2.05) is 22.9 Å². The van der Waals surface area contributed by atoms with Crippen molar-refractivity contribution in [3.8, 4) is 11.4 Å². The smallest absolute Gasteiger partial charge is 0.251 e. The molecule has 1 aliphatic rings. The summed E-state index contributed by atoms with van der Waals surface area (Å²) in [6, 6.07) is 9.34. The van der Waals surface area contributed by atoms with Crippen molar-refractivity contribution in [1.29, 1.82) is 0 Å². The van der Waals surface area contributed by atoms with Crippen molar-refractivity contribution in [1.82, 2.24) is 25.1 Å². The van der Waals surface area contributed by atoms with E-state index in [2.05, 4.69) is 15.3 Å². The quantitative estimate of drug-likeness (QED) is 0.770. The van der Waals surface area contributed by atoms with Crippen LogP contribution >= 0.6 is 0 Å². The Morgan fingerprint density at radius 1 is 1.08 bits per heavy atom. The van der Waals surface area contributed by atoms with Crippen LogP contribution in [0.15, 0.2) is 48.9 Å². The van der Waals surface area contributed by atoms with Crippen LogP contribution in [-0.2, 0) is 19.4 Å². The summed E-state index contributed by atoms with van der Waals surface area (Å²) >= 11 is 0. The molecular formula is C20H21N5O. The Morgan fingerprint density at radius 3 is 2.73 bits per heavy atom. The molecule has 3 aromatic rings. The van der Waals surface area contributed by atoms with Crippen molar-refractivity contribution in [3.05, 3.63) is 65.7 Å². The maximum Gasteiger partial charge on any atom is 0.251 e. The molecule has 0 atom stereocenters. The van der Waals surface area contributed by atoms with Crippen molar-refractivity contribution in [2.45, 2.75) is 32.2 Å². The molecule has 3 heterocycles. The summed E-state index contributed by atoms with van der Waals surface area (Å²) < 4.78 is 2.05. The second kappa shape index (κ2) is 7.47. The van der Waals surface area contributed by atoms with Gasteiger partial charge < -0.3 is 5.32 Å². The molecule has 3 aromatic heterocycles. The van der Waals surface area contributed by atoms with Crippen LogP contribution < -0.4 is 5.32 Å². The minimum Gasteiger partial charge on any atom is -0.350 e. The van der Waals surface area contributed by atoms with Gasteiger partial charge in [-0.25, -0.2) is 0 Å². The lowest BCUT2D eigenvalue weighted by Gasteiger charge is -2.14. The van der Waals surface area contributed by atoms with Gasteiger partial charge in [0.25, 0.3) is 5.91 Å². The standard InChI is InChI=1S/C20H21N5O/c26-20(15-8-11-21-12-9-15)23-13-14-25-18-7-2-1-5-16(18)19(24-25)17-6-3-4-10-22-17/h3-4,6,8-12H,1-2,5,7,13-14H2,(H,23,26). The highest BCUT2D eigenvalue weighted by Gasteiger charge is 2.22. The number of carbonyl (C=O) groups excluding carboxylic acids is 1. The first-order chi connectivity index (χ1) is 12.8. The van der Waals surface area contributed by atoms with E-state index in [9.17, 15) is 4.79 Å². The van der Waals surface area contributed by atoms with Crippen LogP contribution in [0.2, 0.25) is 0 Å². The highest BCUT2D eigenvalue weighted by atomic mass is 16.1. The molecule has 1 aliphatic carbocycles. The lowest BCUT2D eigenvalue weighted by atomic mass is 9.95. The van der Waals surface area contributed by atoms with Crippen molar-refractivity contribution >= 4 is 5.91 Å². The van der Waals surface area contributed by atoms with E-state index in [4.69, 9.17) is 5.10 Å². The number of pyridine rings is 2. The normalized spacial score (nSPS) is 13.2. The lowest BCUT2D eigenvalue weighted by molar-refractivity contribution is 0.0951. The first kappa shape index (κ1) is 16.4. The Kier molecular flexibility index (Phi) is 4.73. The third-order valence-corrected chi connectivity index (χ3v) is 4.72. The summed E-state index contributed by atoms with van der Waals surface area (Å²) in [6.07, 6.45) is 9.51. The van der Waals surface area contributed by atoms with Gasteiger partial charge in [-0.15, -0.1) is 0 Å². The summed E-state index contributed by atoms with van der Waals surface area (Å²) in [7, 11) is 0. The van der Waals surface area contributed by atoms with Crippen LogP contribution in [0.5, 0.6) is 0 Å². The number of aromatic nitrogens is 4. The second-order valence-electron chi connectivity index (χ2n) is 6.41. The van der Waals surface area contributed by atoms with E-state index in [0.29, 0.717) is 18.7 Å². The van der Waals surface area contributed by atoms with Gasteiger partial charge in [-0.3, -0.25) is 19.4 Å². The molecule has 0 aliphatic heterocycles. The van der Waals surface area contributed by atoms with Gasteiger partial charge in [-0.2, -0.15) is 5.10 Å². The highest BCUT2D eigenvalue weighted by molar-refractivity contribution is 5.93. The monoisotopic (exact) mass is 347 g/mol. The molecule has 6 heteroatoms. The minimum atomic E-state index is -0.0848. The van der Waals surface area contributed by atoms with E-state index < -0.39 is 0 Å². The number of hydrogen-bond donors (Lipinski definition) is 1. The maximum absolute atomic E-state index is 12.2. The van der Waals surface area contributed by atoms with Crippen LogP contribution in [0.3, 0.4) is 0 Å². The van der Waals surface area contributed by atoms with Crippen LogP contribution in [0.25, 0.3) is 11.4 Å². The van der Waals surface area contributed by atoms with Crippen LogP contribution in [0, 0.1) is 0 Å². The third-order valence-electron chi connectivity index (χ3n) is 4.72. The summed E-state index contributed by atoms with van der Waals surface area (Å²) in [4.78, 5) is 20.6. The molecular weight excluding hydrogens is 326 g/mol. The molecule has 0 aromatic carbocycles. The predicted molar refractivity (Wildman–Crippen MR) is 98.7 cm³/mol. The maximum atomic E-state index is 12.2. The molecule has 0 bridgehead atoms. The Bertz CT molecular complexity index is 889. The molecule has 132 valence electrons. The molecule has 6 nitrogen and oxygen atoms in total. The Balaban J connectivity index is 1.50. The summed E-state index contributed by atoms with van der Waals surface area (Å²) in [5.74, 6) is -0.0848. The number of nitrogens with zero attached hydrogens (tertiary/aromatic N) is 4. The Hall–Kier alpha value is -3.02. The van der Waals surface area contributed by atoms with Gasteiger partial charge in [0.2, 0.25) is 0 Å². The van der Waals surface area contributed by atoms with Gasteiger partial charge in [0, 0.05) is 42.0 Å². The summed E-state index contributed by atoms with van der Waals surface area (Å²) in [6.45, 7) is 1.20. The lowest BCUT2D eigenvalue weighted by Crippen LogP contribution is -2.28. The molecule has 4 rings (SSSR count). The van der Waals surface area contributed by atoms with E-state index in [1.165, 1.54) is 24.1 Å². The van der Waals surface area contributed by atoms with E-state index in [1.54, 1.807) is 30.7 Å². The van der Waals surface area contributed by atoms with Gasteiger partial charge >= 0.3 is 0 Å². The Morgan fingerprint density at radius 2 is 1.92 bits per heavy atom. The Labute approximate surface area is 152 Å². The first-order valence-corrected chi connectivity index (χ1v) is 9.01. The fourth-order valence-electron chi connectivity index (χ4n) is 3.45. The van der Waals surface area contributed by atoms with Crippen molar-refractivity contribution in [3.63, 3.8) is 0 Å². The van der Waals surface area contributed by atoms with Gasteiger partial charge in [-0.1, -0.05) is 6.07 Å². The average molecular weight is 347 g/mol. The largest absolute Gasteiger partial charge is 0.350 e. The third kappa shape index (κ3) is 3.35. The van der Waals surface area contributed by atoms with Gasteiger partial charge in [0.05, 0.1) is 12.2 Å². The zero-order valence-corrected chi connectivity index (χ0v) is 14.6. The van der Waals surface area contributed by atoms with E-state index >= 15 is 0 Å². The molecule has 26 heavy (non-hydrogen) atoms. The molecule has 0 fully saturated rings. The molecule has 0 radical (unpaired) electrons. The van der Waals surface area contributed by atoms with Crippen LogP contribution in [0.4, 0.5) is 0 Å². The van der Waals surface area contributed by atoms with Crippen LogP contribution in [0.1, 0.15) is 34.5 Å². The fourth-order valence-corrected chi connectivity index (χ4v) is 3.45.